The Morgan fingerprint density at radius 1 is 1.09 bits per heavy atom. The normalized spacial score (nSPS) is 12.7. The van der Waals surface area contributed by atoms with Crippen molar-refractivity contribution >= 4 is 11.6 Å². The molecule has 116 valence electrons. The van der Waals surface area contributed by atoms with Crippen LogP contribution in [0.15, 0.2) is 48.5 Å². The molecule has 2 rings (SSSR count). The van der Waals surface area contributed by atoms with Crippen molar-refractivity contribution in [2.75, 3.05) is 5.32 Å². The quantitative estimate of drug-likeness (QED) is 0.763. The molecule has 7 heteroatoms. The van der Waals surface area contributed by atoms with E-state index in [-0.39, 0.29) is 5.69 Å². The highest BCUT2D eigenvalue weighted by molar-refractivity contribution is 5.94. The molecule has 0 saturated carbocycles. The molecular formula is C15H12F3NO3. The van der Waals surface area contributed by atoms with Crippen LogP contribution in [-0.2, 0) is 11.0 Å². The first kappa shape index (κ1) is 15.8. The third-order valence-electron chi connectivity index (χ3n) is 2.93. The number of benzene rings is 2. The number of aromatic hydroxyl groups is 1. The maximum atomic E-state index is 12.7. The fraction of sp³-hybridized carbons (Fsp3) is 0.133. The number of rotatable bonds is 3. The topological polar surface area (TPSA) is 69.6 Å². The standard InChI is InChI=1S/C15H12F3NO3/c16-15(17,18)11-8-10(6-7-12(11)20)19-14(22)13(21)9-4-2-1-3-5-9/h1-8,13,20-21H,(H,19,22)/t13-/m0/s1. The first-order valence-electron chi connectivity index (χ1n) is 6.23. The Bertz CT molecular complexity index is 671. The van der Waals surface area contributed by atoms with Crippen molar-refractivity contribution in [2.24, 2.45) is 0 Å². The maximum Gasteiger partial charge on any atom is 0.420 e. The van der Waals surface area contributed by atoms with E-state index in [2.05, 4.69) is 5.32 Å². The van der Waals surface area contributed by atoms with Gasteiger partial charge in [-0.1, -0.05) is 30.3 Å². The fourth-order valence-electron chi connectivity index (χ4n) is 1.84. The van der Waals surface area contributed by atoms with Gasteiger partial charge in [-0.05, 0) is 23.8 Å². The Hall–Kier alpha value is -2.54. The van der Waals surface area contributed by atoms with Gasteiger partial charge in [0.25, 0.3) is 5.91 Å². The van der Waals surface area contributed by atoms with Gasteiger partial charge in [0.1, 0.15) is 5.75 Å². The minimum atomic E-state index is -4.75. The van der Waals surface area contributed by atoms with Crippen molar-refractivity contribution in [2.45, 2.75) is 12.3 Å². The molecule has 0 spiro atoms. The van der Waals surface area contributed by atoms with Crippen molar-refractivity contribution in [1.29, 1.82) is 0 Å². The first-order chi connectivity index (χ1) is 10.3. The lowest BCUT2D eigenvalue weighted by Gasteiger charge is -2.14. The van der Waals surface area contributed by atoms with Gasteiger partial charge in [-0.3, -0.25) is 4.79 Å². The molecule has 0 unspecified atom stereocenters. The molecule has 0 aliphatic rings. The SMILES string of the molecule is O=C(Nc1ccc(O)c(C(F)(F)F)c1)[C@@H](O)c1ccccc1. The van der Waals surface area contributed by atoms with Crippen LogP contribution in [0.1, 0.15) is 17.2 Å². The number of carbonyl (C=O) groups is 1. The summed E-state index contributed by atoms with van der Waals surface area (Å²) in [6, 6.07) is 10.5. The molecular weight excluding hydrogens is 299 g/mol. The predicted octanol–water partition coefficient (Wildman–Crippen LogP) is 3.08. The Labute approximate surface area is 123 Å². The molecule has 2 aromatic rings. The molecule has 0 bridgehead atoms. The molecule has 4 nitrogen and oxygen atoms in total. The minimum Gasteiger partial charge on any atom is -0.507 e. The highest BCUT2D eigenvalue weighted by atomic mass is 19.4. The average molecular weight is 311 g/mol. The predicted molar refractivity (Wildman–Crippen MR) is 73.1 cm³/mol. The second-order valence-corrected chi connectivity index (χ2v) is 4.53. The zero-order valence-electron chi connectivity index (χ0n) is 11.1. The number of hydrogen-bond donors (Lipinski definition) is 3. The van der Waals surface area contributed by atoms with Gasteiger partial charge in [-0.15, -0.1) is 0 Å². The lowest BCUT2D eigenvalue weighted by molar-refractivity contribution is -0.138. The highest BCUT2D eigenvalue weighted by Crippen LogP contribution is 2.37. The van der Waals surface area contributed by atoms with Gasteiger partial charge in [0.05, 0.1) is 5.56 Å². The number of anilines is 1. The molecule has 22 heavy (non-hydrogen) atoms. The lowest BCUT2D eigenvalue weighted by Crippen LogP contribution is -2.21. The molecule has 0 radical (unpaired) electrons. The fourth-order valence-corrected chi connectivity index (χ4v) is 1.84. The Balaban J connectivity index is 2.19. The number of phenolic OH excluding ortho intramolecular Hbond substituents is 1. The van der Waals surface area contributed by atoms with E-state index in [4.69, 9.17) is 0 Å². The first-order valence-corrected chi connectivity index (χ1v) is 6.23. The molecule has 0 aliphatic carbocycles. The summed E-state index contributed by atoms with van der Waals surface area (Å²) in [4.78, 5) is 11.9. The van der Waals surface area contributed by atoms with Crippen molar-refractivity contribution < 1.29 is 28.2 Å². The van der Waals surface area contributed by atoms with Crippen LogP contribution in [0.3, 0.4) is 0 Å². The summed E-state index contributed by atoms with van der Waals surface area (Å²) >= 11 is 0. The van der Waals surface area contributed by atoms with Crippen LogP contribution >= 0.6 is 0 Å². The molecule has 0 aromatic heterocycles. The zero-order valence-corrected chi connectivity index (χ0v) is 11.1. The Kier molecular flexibility index (Phi) is 4.37. The van der Waals surface area contributed by atoms with Crippen LogP contribution in [0, 0.1) is 0 Å². The second kappa shape index (κ2) is 6.07. The third kappa shape index (κ3) is 3.56. The zero-order chi connectivity index (χ0) is 16.3. The summed E-state index contributed by atoms with van der Waals surface area (Å²) in [6.45, 7) is 0. The summed E-state index contributed by atoms with van der Waals surface area (Å²) < 4.78 is 38.0. The van der Waals surface area contributed by atoms with Gasteiger partial charge in [-0.2, -0.15) is 13.2 Å². The Morgan fingerprint density at radius 2 is 1.73 bits per heavy atom. The van der Waals surface area contributed by atoms with Crippen molar-refractivity contribution in [3.05, 3.63) is 59.7 Å². The number of amides is 1. The van der Waals surface area contributed by atoms with E-state index in [0.29, 0.717) is 11.6 Å². The molecule has 1 atom stereocenters. The summed E-state index contributed by atoms with van der Waals surface area (Å²) in [6.07, 6.45) is -6.26. The molecule has 2 aromatic carbocycles. The van der Waals surface area contributed by atoms with E-state index in [0.717, 1.165) is 12.1 Å². The number of nitrogens with one attached hydrogen (secondary N) is 1. The second-order valence-electron chi connectivity index (χ2n) is 4.53. The van der Waals surface area contributed by atoms with Crippen molar-refractivity contribution in [1.82, 2.24) is 0 Å². The number of phenols is 1. The number of carbonyl (C=O) groups excluding carboxylic acids is 1. The van der Waals surface area contributed by atoms with Crippen molar-refractivity contribution in [3.8, 4) is 5.75 Å². The molecule has 1 amide bonds. The number of hydrogen-bond acceptors (Lipinski definition) is 3. The van der Waals surface area contributed by atoms with Crippen LogP contribution in [0.5, 0.6) is 5.75 Å². The van der Waals surface area contributed by atoms with E-state index < -0.39 is 29.5 Å². The van der Waals surface area contributed by atoms with E-state index >= 15 is 0 Å². The number of halogens is 3. The van der Waals surface area contributed by atoms with Crippen LogP contribution in [-0.4, -0.2) is 16.1 Å². The number of aliphatic hydroxyl groups is 1. The largest absolute Gasteiger partial charge is 0.507 e. The highest BCUT2D eigenvalue weighted by Gasteiger charge is 2.34. The summed E-state index contributed by atoms with van der Waals surface area (Å²) in [5, 5.41) is 21.2. The molecule has 3 N–H and O–H groups in total. The van der Waals surface area contributed by atoms with Gasteiger partial charge in [0.2, 0.25) is 0 Å². The summed E-state index contributed by atoms with van der Waals surface area (Å²) in [5.74, 6) is -1.81. The monoisotopic (exact) mass is 311 g/mol. The van der Waals surface area contributed by atoms with E-state index in [1.54, 1.807) is 18.2 Å². The Morgan fingerprint density at radius 3 is 2.32 bits per heavy atom. The van der Waals surface area contributed by atoms with Crippen molar-refractivity contribution in [3.63, 3.8) is 0 Å². The van der Waals surface area contributed by atoms with Gasteiger partial charge in [0.15, 0.2) is 6.10 Å². The molecule has 0 heterocycles. The summed E-state index contributed by atoms with van der Waals surface area (Å²) in [5.41, 5.74) is -1.13. The van der Waals surface area contributed by atoms with Crippen LogP contribution in [0.2, 0.25) is 0 Å². The number of aliphatic hydroxyl groups excluding tert-OH is 1. The van der Waals surface area contributed by atoms with Crippen LogP contribution in [0.25, 0.3) is 0 Å². The molecule has 0 saturated heterocycles. The lowest BCUT2D eigenvalue weighted by atomic mass is 10.1. The smallest absolute Gasteiger partial charge is 0.420 e. The van der Waals surface area contributed by atoms with Gasteiger partial charge >= 0.3 is 6.18 Å². The van der Waals surface area contributed by atoms with Crippen LogP contribution in [0.4, 0.5) is 18.9 Å². The van der Waals surface area contributed by atoms with Gasteiger partial charge in [0, 0.05) is 5.69 Å². The minimum absolute atomic E-state index is 0.176. The summed E-state index contributed by atoms with van der Waals surface area (Å²) in [7, 11) is 0. The van der Waals surface area contributed by atoms with Gasteiger partial charge in [-0.25, -0.2) is 0 Å². The third-order valence-corrected chi connectivity index (χ3v) is 2.93. The number of alkyl halides is 3. The molecule has 0 aliphatic heterocycles. The van der Waals surface area contributed by atoms with E-state index in [1.807, 2.05) is 0 Å². The van der Waals surface area contributed by atoms with E-state index in [9.17, 15) is 28.2 Å². The maximum absolute atomic E-state index is 12.7. The van der Waals surface area contributed by atoms with Crippen LogP contribution < -0.4 is 5.32 Å². The molecule has 0 fully saturated rings. The average Bonchev–Trinajstić information content (AvgIpc) is 2.48. The van der Waals surface area contributed by atoms with Gasteiger partial charge < -0.3 is 15.5 Å². The van der Waals surface area contributed by atoms with E-state index in [1.165, 1.54) is 12.1 Å².